The maximum Gasteiger partial charge on any atom is 0.159 e. The van der Waals surface area contributed by atoms with Gasteiger partial charge < -0.3 is 5.11 Å². The smallest absolute Gasteiger partial charge is 0.159 e. The fraction of sp³-hybridized carbons (Fsp3) is 0.176. The van der Waals surface area contributed by atoms with E-state index in [1.54, 1.807) is 35.9 Å². The lowest BCUT2D eigenvalue weighted by molar-refractivity contribution is 0.313. The first-order valence-corrected chi connectivity index (χ1v) is 7.95. The Morgan fingerprint density at radius 3 is 2.68 bits per heavy atom. The van der Waals surface area contributed by atoms with E-state index in [0.717, 1.165) is 17.7 Å². The molecule has 0 amide bonds. The van der Waals surface area contributed by atoms with Crippen molar-refractivity contribution in [2.45, 2.75) is 13.1 Å². The third kappa shape index (κ3) is 3.50. The Labute approximate surface area is 133 Å². The number of aromatic hydroxyl groups is 1. The van der Waals surface area contributed by atoms with Crippen LogP contribution in [-0.2, 0) is 13.1 Å². The fourth-order valence-electron chi connectivity index (χ4n) is 2.34. The predicted octanol–water partition coefficient (Wildman–Crippen LogP) is 3.54. The maximum atomic E-state index is 10.1. The number of aromatic nitrogens is 2. The van der Waals surface area contributed by atoms with Crippen molar-refractivity contribution in [2.24, 2.45) is 0 Å². The van der Waals surface area contributed by atoms with E-state index >= 15 is 0 Å². The van der Waals surface area contributed by atoms with Crippen molar-refractivity contribution in [1.29, 1.82) is 0 Å². The van der Waals surface area contributed by atoms with E-state index in [0.29, 0.717) is 18.1 Å². The van der Waals surface area contributed by atoms with Crippen molar-refractivity contribution >= 4 is 11.3 Å². The van der Waals surface area contributed by atoms with Gasteiger partial charge in [-0.2, -0.15) is 11.3 Å². The lowest BCUT2D eigenvalue weighted by Gasteiger charge is -2.17. The number of thiophene rings is 1. The molecule has 0 aliphatic carbocycles. The summed E-state index contributed by atoms with van der Waals surface area (Å²) in [6, 6.07) is 9.41. The summed E-state index contributed by atoms with van der Waals surface area (Å²) in [5, 5.41) is 14.3. The molecule has 0 aliphatic rings. The summed E-state index contributed by atoms with van der Waals surface area (Å²) in [5.41, 5.74) is 3.08. The van der Waals surface area contributed by atoms with Gasteiger partial charge in [0.1, 0.15) is 5.75 Å². The van der Waals surface area contributed by atoms with E-state index in [4.69, 9.17) is 0 Å². The molecule has 5 heteroatoms. The van der Waals surface area contributed by atoms with Gasteiger partial charge in [-0.25, -0.2) is 9.97 Å². The average molecular weight is 311 g/mol. The summed E-state index contributed by atoms with van der Waals surface area (Å²) in [7, 11) is 2.04. The van der Waals surface area contributed by atoms with Gasteiger partial charge in [-0.1, -0.05) is 0 Å². The Morgan fingerprint density at radius 1 is 1.14 bits per heavy atom. The van der Waals surface area contributed by atoms with Crippen LogP contribution in [0.1, 0.15) is 11.1 Å². The normalized spacial score (nSPS) is 11.0. The molecule has 1 aromatic carbocycles. The summed E-state index contributed by atoms with van der Waals surface area (Å²) in [6.45, 7) is 1.53. The Balaban J connectivity index is 1.78. The third-order valence-corrected chi connectivity index (χ3v) is 4.11. The summed E-state index contributed by atoms with van der Waals surface area (Å²) in [4.78, 5) is 10.7. The molecule has 4 nitrogen and oxygen atoms in total. The molecule has 0 aliphatic heterocycles. The molecule has 0 saturated carbocycles. The van der Waals surface area contributed by atoms with Gasteiger partial charge in [-0.3, -0.25) is 4.90 Å². The van der Waals surface area contributed by atoms with Crippen molar-refractivity contribution in [2.75, 3.05) is 7.05 Å². The van der Waals surface area contributed by atoms with Gasteiger partial charge in [0.15, 0.2) is 5.82 Å². The molecule has 0 unspecified atom stereocenters. The van der Waals surface area contributed by atoms with Gasteiger partial charge in [0.2, 0.25) is 0 Å². The largest absolute Gasteiger partial charge is 0.508 e. The minimum atomic E-state index is 0.303. The molecule has 1 N–H and O–H groups in total. The summed E-state index contributed by atoms with van der Waals surface area (Å²) in [6.07, 6.45) is 3.44. The van der Waals surface area contributed by atoms with Crippen LogP contribution in [0.5, 0.6) is 5.75 Å². The molecule has 0 radical (unpaired) electrons. The van der Waals surface area contributed by atoms with Crippen LogP contribution >= 0.6 is 11.3 Å². The van der Waals surface area contributed by atoms with Crippen molar-refractivity contribution < 1.29 is 5.11 Å². The predicted molar refractivity (Wildman–Crippen MR) is 88.6 cm³/mol. The number of nitrogens with zero attached hydrogens (tertiary/aromatic N) is 3. The summed E-state index contributed by atoms with van der Waals surface area (Å²) in [5.74, 6) is 0.973. The molecule has 112 valence electrons. The second-order valence-corrected chi connectivity index (χ2v) is 6.00. The third-order valence-electron chi connectivity index (χ3n) is 3.38. The lowest BCUT2D eigenvalue weighted by Crippen LogP contribution is -2.17. The lowest BCUT2D eigenvalue weighted by atomic mass is 10.1. The molecule has 0 saturated heterocycles. The molecule has 3 aromatic rings. The van der Waals surface area contributed by atoms with Crippen LogP contribution in [0, 0.1) is 0 Å². The zero-order valence-electron chi connectivity index (χ0n) is 12.3. The Hall–Kier alpha value is -2.24. The molecule has 2 aromatic heterocycles. The van der Waals surface area contributed by atoms with Crippen LogP contribution in [0.25, 0.3) is 11.4 Å². The number of phenols is 1. The number of rotatable bonds is 5. The highest BCUT2D eigenvalue weighted by molar-refractivity contribution is 7.07. The Kier molecular flexibility index (Phi) is 4.46. The standard InChI is InChI=1S/C17H17N3OS/c1-20(10-13-5-8-22-12-13)11-15-9-14(3-4-16(15)21)17-18-6-2-7-19-17/h2-9,12,21H,10-11H2,1H3. The Bertz CT molecular complexity index is 729. The number of hydrogen-bond acceptors (Lipinski definition) is 5. The second kappa shape index (κ2) is 6.68. The van der Waals surface area contributed by atoms with E-state index in [1.165, 1.54) is 5.56 Å². The highest BCUT2D eigenvalue weighted by Gasteiger charge is 2.09. The van der Waals surface area contributed by atoms with E-state index in [2.05, 4.69) is 31.7 Å². The van der Waals surface area contributed by atoms with Crippen LogP contribution in [0.15, 0.2) is 53.5 Å². The minimum Gasteiger partial charge on any atom is -0.508 e. The summed E-state index contributed by atoms with van der Waals surface area (Å²) >= 11 is 1.70. The van der Waals surface area contributed by atoms with Crippen molar-refractivity contribution in [3.8, 4) is 17.1 Å². The highest BCUT2D eigenvalue weighted by atomic mass is 32.1. The first-order valence-electron chi connectivity index (χ1n) is 7.01. The van der Waals surface area contributed by atoms with Crippen LogP contribution in [0.3, 0.4) is 0 Å². The van der Waals surface area contributed by atoms with Crippen LogP contribution in [-0.4, -0.2) is 27.0 Å². The molecule has 0 atom stereocenters. The van der Waals surface area contributed by atoms with E-state index < -0.39 is 0 Å². The van der Waals surface area contributed by atoms with E-state index in [9.17, 15) is 5.11 Å². The molecule has 0 fully saturated rings. The monoisotopic (exact) mass is 311 g/mol. The topological polar surface area (TPSA) is 49.2 Å². The number of phenolic OH excluding ortho intramolecular Hbond substituents is 1. The fourth-order valence-corrected chi connectivity index (χ4v) is 3.00. The highest BCUT2D eigenvalue weighted by Crippen LogP contribution is 2.25. The van der Waals surface area contributed by atoms with Gasteiger partial charge >= 0.3 is 0 Å². The number of hydrogen-bond donors (Lipinski definition) is 1. The molecular formula is C17H17N3OS. The zero-order chi connectivity index (χ0) is 15.4. The van der Waals surface area contributed by atoms with Crippen LogP contribution in [0.2, 0.25) is 0 Å². The average Bonchev–Trinajstić information content (AvgIpc) is 3.03. The Morgan fingerprint density at radius 2 is 1.95 bits per heavy atom. The molecule has 0 spiro atoms. The van der Waals surface area contributed by atoms with Gasteiger partial charge in [0.25, 0.3) is 0 Å². The summed E-state index contributed by atoms with van der Waals surface area (Å²) < 4.78 is 0. The van der Waals surface area contributed by atoms with Crippen LogP contribution < -0.4 is 0 Å². The maximum absolute atomic E-state index is 10.1. The van der Waals surface area contributed by atoms with E-state index in [-0.39, 0.29) is 0 Å². The van der Waals surface area contributed by atoms with Gasteiger partial charge in [-0.15, -0.1) is 0 Å². The second-order valence-electron chi connectivity index (χ2n) is 5.22. The molecule has 3 rings (SSSR count). The van der Waals surface area contributed by atoms with Gasteiger partial charge in [0, 0.05) is 36.6 Å². The quantitative estimate of drug-likeness (QED) is 0.783. The SMILES string of the molecule is CN(Cc1ccsc1)Cc1cc(-c2ncccn2)ccc1O. The molecular weight excluding hydrogens is 294 g/mol. The zero-order valence-corrected chi connectivity index (χ0v) is 13.1. The van der Waals surface area contributed by atoms with Gasteiger partial charge in [-0.05, 0) is 53.7 Å². The van der Waals surface area contributed by atoms with Crippen molar-refractivity contribution in [3.05, 3.63) is 64.6 Å². The van der Waals surface area contributed by atoms with E-state index in [1.807, 2.05) is 19.2 Å². The number of benzene rings is 1. The first-order chi connectivity index (χ1) is 10.7. The van der Waals surface area contributed by atoms with Crippen molar-refractivity contribution in [1.82, 2.24) is 14.9 Å². The molecule has 2 heterocycles. The van der Waals surface area contributed by atoms with Crippen molar-refractivity contribution in [3.63, 3.8) is 0 Å². The van der Waals surface area contributed by atoms with Gasteiger partial charge in [0.05, 0.1) is 0 Å². The minimum absolute atomic E-state index is 0.303. The molecule has 0 bridgehead atoms. The molecule has 22 heavy (non-hydrogen) atoms. The van der Waals surface area contributed by atoms with Crippen LogP contribution in [0.4, 0.5) is 0 Å². The first kappa shape index (κ1) is 14.7.